The van der Waals surface area contributed by atoms with Crippen molar-refractivity contribution in [2.24, 2.45) is 5.92 Å². The molecule has 1 N–H and O–H groups in total. The lowest BCUT2D eigenvalue weighted by Gasteiger charge is -2.26. The Bertz CT molecular complexity index is 840. The number of halogens is 3. The fourth-order valence-corrected chi connectivity index (χ4v) is 2.95. The third kappa shape index (κ3) is 5.17. The molecule has 1 aliphatic rings. The Morgan fingerprint density at radius 3 is 2.43 bits per heavy atom. The Kier molecular flexibility index (Phi) is 6.10. The summed E-state index contributed by atoms with van der Waals surface area (Å²) in [4.78, 5) is 4.89. The van der Waals surface area contributed by atoms with Gasteiger partial charge in [0, 0.05) is 12.2 Å². The van der Waals surface area contributed by atoms with Crippen LogP contribution < -0.4 is 9.64 Å². The molecule has 0 heterocycles. The number of rotatable bonds is 8. The van der Waals surface area contributed by atoms with E-state index < -0.39 is 11.7 Å². The summed E-state index contributed by atoms with van der Waals surface area (Å²) in [5.74, 6) is 1.13. The van der Waals surface area contributed by atoms with Crippen LogP contribution in [0.15, 0.2) is 42.5 Å². The number of benzene rings is 2. The maximum atomic E-state index is 13.3. The highest BCUT2D eigenvalue weighted by Crippen LogP contribution is 2.39. The maximum Gasteiger partial charge on any atom is 0.407 e. The van der Waals surface area contributed by atoms with E-state index in [1.807, 2.05) is 4.90 Å². The van der Waals surface area contributed by atoms with Crippen LogP contribution in [0, 0.1) is 12.5 Å². The van der Waals surface area contributed by atoms with E-state index in [0.717, 1.165) is 24.5 Å². The summed E-state index contributed by atoms with van der Waals surface area (Å²) in [6, 6.07) is 10.9. The second-order valence-electron chi connectivity index (χ2n) is 6.85. The number of hydrogen-bond acceptors (Lipinski definition) is 3. The number of nitrogens with zero attached hydrogens (tertiary/aromatic N) is 2. The van der Waals surface area contributed by atoms with Crippen LogP contribution in [0.2, 0.25) is 0 Å². The molecule has 0 atom stereocenters. The number of anilines is 1. The lowest BCUT2D eigenvalue weighted by molar-refractivity contribution is -0.136. The second kappa shape index (κ2) is 8.53. The van der Waals surface area contributed by atoms with Crippen molar-refractivity contribution >= 4 is 11.4 Å². The third-order valence-electron chi connectivity index (χ3n) is 4.68. The van der Waals surface area contributed by atoms with E-state index in [-0.39, 0.29) is 12.3 Å². The first kappa shape index (κ1) is 20.0. The van der Waals surface area contributed by atoms with Crippen LogP contribution in [0.25, 0.3) is 4.85 Å². The molecule has 2 aromatic rings. The van der Waals surface area contributed by atoms with Gasteiger partial charge in [-0.2, -0.15) is 13.2 Å². The van der Waals surface area contributed by atoms with Gasteiger partial charge in [-0.3, -0.25) is 0 Å². The minimum Gasteiger partial charge on any atom is -0.492 e. The molecule has 148 valence electrons. The molecule has 1 fully saturated rings. The molecule has 0 saturated heterocycles. The smallest absolute Gasteiger partial charge is 0.407 e. The molecule has 0 bridgehead atoms. The first-order chi connectivity index (χ1) is 13.4. The van der Waals surface area contributed by atoms with Crippen molar-refractivity contribution in [1.29, 1.82) is 0 Å². The zero-order valence-corrected chi connectivity index (χ0v) is 15.2. The molecule has 0 aliphatic heterocycles. The van der Waals surface area contributed by atoms with Gasteiger partial charge in [-0.1, -0.05) is 18.2 Å². The lowest BCUT2D eigenvalue weighted by Crippen LogP contribution is -2.30. The van der Waals surface area contributed by atoms with Crippen LogP contribution in [-0.4, -0.2) is 24.8 Å². The fraction of sp³-hybridized carbons (Fsp3) is 0.381. The number of ether oxygens (including phenoxy) is 1. The molecule has 0 unspecified atom stereocenters. The molecule has 1 aliphatic carbocycles. The highest BCUT2D eigenvalue weighted by atomic mass is 19.4. The molecule has 4 nitrogen and oxygen atoms in total. The molecule has 0 radical (unpaired) electrons. The van der Waals surface area contributed by atoms with Crippen LogP contribution in [0.4, 0.5) is 24.5 Å². The molecular weight excluding hydrogens is 369 g/mol. The van der Waals surface area contributed by atoms with Crippen LogP contribution in [-0.2, 0) is 12.8 Å². The zero-order valence-electron chi connectivity index (χ0n) is 15.2. The predicted molar refractivity (Wildman–Crippen MR) is 101 cm³/mol. The van der Waals surface area contributed by atoms with Gasteiger partial charge in [0.1, 0.15) is 12.4 Å². The summed E-state index contributed by atoms with van der Waals surface area (Å²) in [5, 5.41) is 9.06. The van der Waals surface area contributed by atoms with E-state index in [4.69, 9.17) is 16.4 Å². The standard InChI is InChI=1S/C21H21F3N2O2/c1-25-20-9-6-17(12-19(20)21(22,23)24)26(13-15-2-3-15)10-11-28-18-7-4-16(14-27)5-8-18/h4-9,12,15,27H,2-3,10-11,13-14H2. The van der Waals surface area contributed by atoms with Crippen LogP contribution in [0.1, 0.15) is 24.0 Å². The summed E-state index contributed by atoms with van der Waals surface area (Å²) in [7, 11) is 0. The van der Waals surface area contributed by atoms with Gasteiger partial charge >= 0.3 is 6.18 Å². The molecule has 2 aromatic carbocycles. The SMILES string of the molecule is [C-]#[N+]c1ccc(N(CCOc2ccc(CO)cc2)CC2CC2)cc1C(F)(F)F. The molecule has 28 heavy (non-hydrogen) atoms. The second-order valence-corrected chi connectivity index (χ2v) is 6.85. The molecule has 0 aromatic heterocycles. The third-order valence-corrected chi connectivity index (χ3v) is 4.68. The average Bonchev–Trinajstić information content (AvgIpc) is 3.50. The minimum absolute atomic E-state index is 0.0441. The first-order valence-corrected chi connectivity index (χ1v) is 9.07. The van der Waals surface area contributed by atoms with E-state index >= 15 is 0 Å². The van der Waals surface area contributed by atoms with Gasteiger partial charge in [-0.25, -0.2) is 4.85 Å². The van der Waals surface area contributed by atoms with E-state index in [1.165, 1.54) is 6.07 Å². The van der Waals surface area contributed by atoms with Crippen molar-refractivity contribution in [3.8, 4) is 5.75 Å². The summed E-state index contributed by atoms with van der Waals surface area (Å²) in [6.45, 7) is 8.35. The van der Waals surface area contributed by atoms with Gasteiger partial charge in [0.15, 0.2) is 5.69 Å². The van der Waals surface area contributed by atoms with Crippen molar-refractivity contribution in [2.75, 3.05) is 24.6 Å². The summed E-state index contributed by atoms with van der Waals surface area (Å²) < 4.78 is 45.6. The number of alkyl halides is 3. The minimum atomic E-state index is -4.56. The van der Waals surface area contributed by atoms with Gasteiger partial charge in [-0.05, 0) is 48.6 Å². The summed E-state index contributed by atoms with van der Waals surface area (Å²) >= 11 is 0. The topological polar surface area (TPSA) is 37.1 Å². The van der Waals surface area contributed by atoms with Crippen molar-refractivity contribution in [1.82, 2.24) is 0 Å². The van der Waals surface area contributed by atoms with Gasteiger partial charge < -0.3 is 14.7 Å². The molecule has 7 heteroatoms. The van der Waals surface area contributed by atoms with Crippen LogP contribution >= 0.6 is 0 Å². The normalized spacial score (nSPS) is 13.8. The first-order valence-electron chi connectivity index (χ1n) is 9.07. The molecule has 1 saturated carbocycles. The number of hydrogen-bond donors (Lipinski definition) is 1. The number of aliphatic hydroxyl groups is 1. The lowest BCUT2D eigenvalue weighted by atomic mass is 10.1. The van der Waals surface area contributed by atoms with Crippen molar-refractivity contribution in [3.05, 3.63) is 65.0 Å². The highest BCUT2D eigenvalue weighted by molar-refractivity contribution is 5.62. The Balaban J connectivity index is 1.72. The quantitative estimate of drug-likeness (QED) is 0.642. The Labute approximate surface area is 162 Å². The van der Waals surface area contributed by atoms with E-state index in [1.54, 1.807) is 30.3 Å². The maximum absolute atomic E-state index is 13.3. The Hall–Kier alpha value is -2.72. The van der Waals surface area contributed by atoms with E-state index in [9.17, 15) is 13.2 Å². The Morgan fingerprint density at radius 2 is 1.86 bits per heavy atom. The summed E-state index contributed by atoms with van der Waals surface area (Å²) in [6.07, 6.45) is -2.41. The van der Waals surface area contributed by atoms with E-state index in [0.29, 0.717) is 37.1 Å². The van der Waals surface area contributed by atoms with Crippen molar-refractivity contribution in [2.45, 2.75) is 25.6 Å². The zero-order chi connectivity index (χ0) is 20.1. The molecule has 3 rings (SSSR count). The van der Waals surface area contributed by atoms with Crippen LogP contribution in [0.5, 0.6) is 5.75 Å². The summed E-state index contributed by atoms with van der Waals surface area (Å²) in [5.41, 5.74) is -0.0581. The highest BCUT2D eigenvalue weighted by Gasteiger charge is 2.34. The fourth-order valence-electron chi connectivity index (χ4n) is 2.95. The number of aliphatic hydroxyl groups excluding tert-OH is 1. The Morgan fingerprint density at radius 1 is 1.14 bits per heavy atom. The van der Waals surface area contributed by atoms with E-state index in [2.05, 4.69) is 4.85 Å². The molecular formula is C21H21F3N2O2. The van der Waals surface area contributed by atoms with Gasteiger partial charge in [-0.15, -0.1) is 0 Å². The predicted octanol–water partition coefficient (Wildman–Crippen LogP) is 5.04. The van der Waals surface area contributed by atoms with Crippen molar-refractivity contribution in [3.63, 3.8) is 0 Å². The van der Waals surface area contributed by atoms with Gasteiger partial charge in [0.05, 0.1) is 25.3 Å². The van der Waals surface area contributed by atoms with Crippen molar-refractivity contribution < 1.29 is 23.0 Å². The van der Waals surface area contributed by atoms with Gasteiger partial charge in [0.2, 0.25) is 0 Å². The van der Waals surface area contributed by atoms with Gasteiger partial charge in [0.25, 0.3) is 0 Å². The average molecular weight is 390 g/mol. The van der Waals surface area contributed by atoms with Crippen LogP contribution in [0.3, 0.4) is 0 Å². The largest absolute Gasteiger partial charge is 0.492 e. The molecule has 0 spiro atoms. The monoisotopic (exact) mass is 390 g/mol. The molecule has 0 amide bonds.